The maximum absolute atomic E-state index is 10.9. The van der Waals surface area contributed by atoms with Gasteiger partial charge in [-0.3, -0.25) is 0 Å². The quantitative estimate of drug-likeness (QED) is 0.521. The van der Waals surface area contributed by atoms with Crippen molar-refractivity contribution in [3.05, 3.63) is 83.9 Å². The van der Waals surface area contributed by atoms with Gasteiger partial charge >= 0.3 is 11.9 Å². The zero-order chi connectivity index (χ0) is 18.5. The maximum atomic E-state index is 10.9. The number of carbonyl (C=O) groups is 2. The van der Waals surface area contributed by atoms with Gasteiger partial charge in [0.1, 0.15) is 0 Å². The molecule has 0 unspecified atom stereocenters. The molecular formula is C20H16N2O4. The molecule has 0 bridgehead atoms. The molecule has 0 heterocycles. The summed E-state index contributed by atoms with van der Waals surface area (Å²) in [6, 6.07) is 20.6. The van der Waals surface area contributed by atoms with Crippen molar-refractivity contribution in [2.24, 2.45) is 0 Å². The van der Waals surface area contributed by atoms with Gasteiger partial charge in [0.25, 0.3) is 0 Å². The summed E-state index contributed by atoms with van der Waals surface area (Å²) in [6.45, 7) is 0. The number of nitrogens with one attached hydrogen (secondary N) is 2. The Morgan fingerprint density at radius 2 is 0.731 bits per heavy atom. The van der Waals surface area contributed by atoms with Crippen molar-refractivity contribution in [1.29, 1.82) is 0 Å². The molecule has 0 aliphatic rings. The van der Waals surface area contributed by atoms with Crippen LogP contribution in [0.3, 0.4) is 0 Å². The minimum Gasteiger partial charge on any atom is -0.478 e. The van der Waals surface area contributed by atoms with Crippen LogP contribution < -0.4 is 10.6 Å². The Hall–Kier alpha value is -3.80. The minimum absolute atomic E-state index is 0.240. The van der Waals surface area contributed by atoms with E-state index in [2.05, 4.69) is 10.6 Å². The van der Waals surface area contributed by atoms with E-state index in [1.165, 1.54) is 0 Å². The standard InChI is InChI=1S/C20H16N2O4/c23-19(24)13-1-5-15(6-2-13)21-17-9-11-18(12-10-17)22-16-7-3-14(4-8-16)20(25)26/h1-12,21-22H,(H,23,24)(H,25,26). The van der Waals surface area contributed by atoms with Crippen molar-refractivity contribution >= 4 is 34.7 Å². The second-order valence-corrected chi connectivity index (χ2v) is 5.59. The molecule has 3 rings (SSSR count). The zero-order valence-electron chi connectivity index (χ0n) is 13.6. The van der Waals surface area contributed by atoms with Crippen LogP contribution in [0.15, 0.2) is 72.8 Å². The van der Waals surface area contributed by atoms with Crippen molar-refractivity contribution in [3.63, 3.8) is 0 Å². The van der Waals surface area contributed by atoms with Crippen LogP contribution in [0.4, 0.5) is 22.7 Å². The van der Waals surface area contributed by atoms with E-state index in [0.717, 1.165) is 22.7 Å². The molecule has 26 heavy (non-hydrogen) atoms. The molecule has 3 aromatic carbocycles. The summed E-state index contributed by atoms with van der Waals surface area (Å²) >= 11 is 0. The van der Waals surface area contributed by atoms with Crippen LogP contribution in [-0.4, -0.2) is 22.2 Å². The Bertz CT molecular complexity index is 839. The summed E-state index contributed by atoms with van der Waals surface area (Å²) in [7, 11) is 0. The Kier molecular flexibility index (Phi) is 4.85. The van der Waals surface area contributed by atoms with Gasteiger partial charge in [-0.2, -0.15) is 0 Å². The van der Waals surface area contributed by atoms with Gasteiger partial charge in [-0.1, -0.05) is 0 Å². The van der Waals surface area contributed by atoms with Crippen LogP contribution >= 0.6 is 0 Å². The number of hydrogen-bond acceptors (Lipinski definition) is 4. The third-order valence-corrected chi connectivity index (χ3v) is 3.73. The van der Waals surface area contributed by atoms with Crippen LogP contribution in [0.1, 0.15) is 20.7 Å². The van der Waals surface area contributed by atoms with Gasteiger partial charge in [-0.15, -0.1) is 0 Å². The number of hydrogen-bond donors (Lipinski definition) is 4. The van der Waals surface area contributed by atoms with Crippen molar-refractivity contribution in [2.45, 2.75) is 0 Å². The highest BCUT2D eigenvalue weighted by Gasteiger charge is 2.03. The van der Waals surface area contributed by atoms with Crippen molar-refractivity contribution in [2.75, 3.05) is 10.6 Å². The monoisotopic (exact) mass is 348 g/mol. The number of aromatic carboxylic acids is 2. The van der Waals surface area contributed by atoms with Gasteiger partial charge in [0.15, 0.2) is 0 Å². The van der Waals surface area contributed by atoms with E-state index >= 15 is 0 Å². The minimum atomic E-state index is -0.955. The lowest BCUT2D eigenvalue weighted by Crippen LogP contribution is -1.97. The van der Waals surface area contributed by atoms with Gasteiger partial charge in [0, 0.05) is 22.7 Å². The molecule has 130 valence electrons. The third-order valence-electron chi connectivity index (χ3n) is 3.73. The average molecular weight is 348 g/mol. The molecule has 0 aliphatic heterocycles. The molecule has 3 aromatic rings. The third kappa shape index (κ3) is 4.18. The number of benzene rings is 3. The van der Waals surface area contributed by atoms with Crippen LogP contribution in [0.2, 0.25) is 0 Å². The first kappa shape index (κ1) is 17.0. The predicted molar refractivity (Wildman–Crippen MR) is 99.8 cm³/mol. The van der Waals surface area contributed by atoms with Crippen molar-refractivity contribution < 1.29 is 19.8 Å². The van der Waals surface area contributed by atoms with Gasteiger partial charge in [-0.25, -0.2) is 9.59 Å². The summed E-state index contributed by atoms with van der Waals surface area (Å²) in [5.41, 5.74) is 3.78. The molecule has 4 N–H and O–H groups in total. The second kappa shape index (κ2) is 7.40. The van der Waals surface area contributed by atoms with Gasteiger partial charge in [0.05, 0.1) is 11.1 Å². The Morgan fingerprint density at radius 3 is 0.962 bits per heavy atom. The first-order valence-electron chi connectivity index (χ1n) is 7.82. The number of carboxylic acid groups (broad SMARTS) is 2. The average Bonchev–Trinajstić information content (AvgIpc) is 2.64. The molecule has 0 aliphatic carbocycles. The summed E-state index contributed by atoms with van der Waals surface area (Å²) in [5, 5.41) is 24.2. The fourth-order valence-electron chi connectivity index (χ4n) is 2.36. The molecule has 6 heteroatoms. The predicted octanol–water partition coefficient (Wildman–Crippen LogP) is 4.57. The number of anilines is 4. The summed E-state index contributed by atoms with van der Waals surface area (Å²) in [5.74, 6) is -1.91. The largest absolute Gasteiger partial charge is 0.478 e. The van der Waals surface area contributed by atoms with Crippen LogP contribution in [0.5, 0.6) is 0 Å². The second-order valence-electron chi connectivity index (χ2n) is 5.59. The van der Waals surface area contributed by atoms with Gasteiger partial charge < -0.3 is 20.8 Å². The van der Waals surface area contributed by atoms with E-state index in [4.69, 9.17) is 10.2 Å². The van der Waals surface area contributed by atoms with Crippen LogP contribution in [-0.2, 0) is 0 Å². The summed E-state index contributed by atoms with van der Waals surface area (Å²) in [4.78, 5) is 21.7. The van der Waals surface area contributed by atoms with E-state index in [0.29, 0.717) is 0 Å². The van der Waals surface area contributed by atoms with Crippen LogP contribution in [0.25, 0.3) is 0 Å². The Labute approximate surface area is 149 Å². The highest BCUT2D eigenvalue weighted by Crippen LogP contribution is 2.22. The highest BCUT2D eigenvalue weighted by molar-refractivity contribution is 5.88. The molecule has 0 aromatic heterocycles. The number of rotatable bonds is 6. The lowest BCUT2D eigenvalue weighted by molar-refractivity contribution is 0.0686. The highest BCUT2D eigenvalue weighted by atomic mass is 16.4. The number of carboxylic acids is 2. The molecule has 0 amide bonds. The van der Waals surface area contributed by atoms with Gasteiger partial charge in [0.2, 0.25) is 0 Å². The fraction of sp³-hybridized carbons (Fsp3) is 0. The van der Waals surface area contributed by atoms with E-state index in [1.807, 2.05) is 24.3 Å². The lowest BCUT2D eigenvalue weighted by atomic mass is 10.2. The van der Waals surface area contributed by atoms with Crippen LogP contribution in [0, 0.1) is 0 Å². The topological polar surface area (TPSA) is 98.7 Å². The Balaban J connectivity index is 1.64. The lowest BCUT2D eigenvalue weighted by Gasteiger charge is -2.10. The molecule has 0 saturated heterocycles. The fourth-order valence-corrected chi connectivity index (χ4v) is 2.36. The van der Waals surface area contributed by atoms with Gasteiger partial charge in [-0.05, 0) is 72.8 Å². The molecule has 6 nitrogen and oxygen atoms in total. The van der Waals surface area contributed by atoms with E-state index in [1.54, 1.807) is 48.5 Å². The first-order chi connectivity index (χ1) is 12.5. The molecule has 0 atom stereocenters. The van der Waals surface area contributed by atoms with E-state index in [9.17, 15) is 9.59 Å². The van der Waals surface area contributed by atoms with Crippen molar-refractivity contribution in [1.82, 2.24) is 0 Å². The Morgan fingerprint density at radius 1 is 0.500 bits per heavy atom. The molecule has 0 spiro atoms. The smallest absolute Gasteiger partial charge is 0.335 e. The van der Waals surface area contributed by atoms with E-state index < -0.39 is 11.9 Å². The SMILES string of the molecule is O=C(O)c1ccc(Nc2ccc(Nc3ccc(C(=O)O)cc3)cc2)cc1. The molecule has 0 fully saturated rings. The summed E-state index contributed by atoms with van der Waals surface area (Å²) in [6.07, 6.45) is 0. The van der Waals surface area contributed by atoms with Crippen molar-refractivity contribution in [3.8, 4) is 0 Å². The van der Waals surface area contributed by atoms with E-state index in [-0.39, 0.29) is 11.1 Å². The maximum Gasteiger partial charge on any atom is 0.335 e. The molecule has 0 radical (unpaired) electrons. The molecular weight excluding hydrogens is 332 g/mol. The first-order valence-corrected chi connectivity index (χ1v) is 7.82. The summed E-state index contributed by atoms with van der Waals surface area (Å²) < 4.78 is 0. The molecule has 0 saturated carbocycles. The normalized spacial score (nSPS) is 10.2. The zero-order valence-corrected chi connectivity index (χ0v) is 13.6.